The van der Waals surface area contributed by atoms with Gasteiger partial charge >= 0.3 is 5.97 Å². The number of carbonyl (C=O) groups excluding carboxylic acids is 1. The molecule has 0 radical (unpaired) electrons. The molecule has 2 rings (SSSR count). The molecule has 0 aliphatic rings. The monoisotopic (exact) mass is 333 g/mol. The number of halogens is 1. The van der Waals surface area contributed by atoms with Gasteiger partial charge in [0.05, 0.1) is 0 Å². The molecule has 2 N–H and O–H groups in total. The highest BCUT2D eigenvalue weighted by molar-refractivity contribution is 9.10. The van der Waals surface area contributed by atoms with Gasteiger partial charge in [0.2, 0.25) is 0 Å². The first-order valence-electron chi connectivity index (χ1n) is 5.93. The number of rotatable bonds is 4. The molecule has 4 nitrogen and oxygen atoms in total. The molecule has 0 aliphatic carbocycles. The first kappa shape index (κ1) is 14.3. The van der Waals surface area contributed by atoms with Crippen molar-refractivity contribution in [3.63, 3.8) is 0 Å². The highest BCUT2D eigenvalue weighted by Crippen LogP contribution is 2.25. The molecule has 0 spiro atoms. The largest absolute Gasteiger partial charge is 0.480 e. The van der Waals surface area contributed by atoms with Crippen molar-refractivity contribution in [2.24, 2.45) is 0 Å². The second-order valence-corrected chi connectivity index (χ2v) is 5.04. The molecule has 0 aliphatic heterocycles. The van der Waals surface area contributed by atoms with Crippen LogP contribution >= 0.6 is 15.9 Å². The molecule has 0 saturated carbocycles. The summed E-state index contributed by atoms with van der Waals surface area (Å²) in [7, 11) is 0. The van der Waals surface area contributed by atoms with E-state index < -0.39 is 18.4 Å². The molecule has 0 unspecified atom stereocenters. The highest BCUT2D eigenvalue weighted by Gasteiger charge is 2.12. The lowest BCUT2D eigenvalue weighted by atomic mass is 9.99. The molecule has 2 aromatic carbocycles. The Morgan fingerprint density at radius 3 is 2.35 bits per heavy atom. The van der Waals surface area contributed by atoms with Gasteiger partial charge in [-0.05, 0) is 29.3 Å². The highest BCUT2D eigenvalue weighted by atomic mass is 79.9. The van der Waals surface area contributed by atoms with Crippen LogP contribution in [0.4, 0.5) is 0 Å². The van der Waals surface area contributed by atoms with E-state index in [1.165, 1.54) is 0 Å². The van der Waals surface area contributed by atoms with Crippen molar-refractivity contribution >= 4 is 27.8 Å². The second-order valence-electron chi connectivity index (χ2n) is 4.13. The maximum atomic E-state index is 12.0. The van der Waals surface area contributed by atoms with Crippen molar-refractivity contribution < 1.29 is 14.7 Å². The van der Waals surface area contributed by atoms with Crippen LogP contribution in [0.5, 0.6) is 0 Å². The third kappa shape index (κ3) is 3.45. The number of hydrogen-bond donors (Lipinski definition) is 2. The maximum absolute atomic E-state index is 12.0. The fraction of sp³-hybridized carbons (Fsp3) is 0.0667. The normalized spacial score (nSPS) is 10.1. The van der Waals surface area contributed by atoms with Crippen LogP contribution in [0.1, 0.15) is 10.4 Å². The molecular weight excluding hydrogens is 322 g/mol. The molecule has 0 fully saturated rings. The standard InChI is InChI=1S/C15H12BrNO3/c16-11-7-5-10(6-8-11)12-3-1-2-4-13(12)15(20)17-9-14(18)19/h1-8H,9H2,(H,17,20)(H,18,19). The van der Waals surface area contributed by atoms with Gasteiger partial charge in [-0.25, -0.2) is 0 Å². The number of carboxylic acid groups (broad SMARTS) is 1. The summed E-state index contributed by atoms with van der Waals surface area (Å²) in [5, 5.41) is 11.0. The lowest BCUT2D eigenvalue weighted by Crippen LogP contribution is -2.29. The zero-order valence-corrected chi connectivity index (χ0v) is 12.1. The minimum Gasteiger partial charge on any atom is -0.480 e. The molecule has 1 amide bonds. The molecular formula is C15H12BrNO3. The Morgan fingerprint density at radius 1 is 1.05 bits per heavy atom. The lowest BCUT2D eigenvalue weighted by molar-refractivity contribution is -0.135. The number of carboxylic acids is 1. The third-order valence-electron chi connectivity index (χ3n) is 2.73. The van der Waals surface area contributed by atoms with Crippen LogP contribution in [-0.4, -0.2) is 23.5 Å². The second kappa shape index (κ2) is 6.34. The predicted octanol–water partition coefficient (Wildman–Crippen LogP) is 2.93. The van der Waals surface area contributed by atoms with E-state index in [1.54, 1.807) is 12.1 Å². The molecule has 0 saturated heterocycles. The molecule has 20 heavy (non-hydrogen) atoms. The van der Waals surface area contributed by atoms with E-state index >= 15 is 0 Å². The maximum Gasteiger partial charge on any atom is 0.322 e. The van der Waals surface area contributed by atoms with E-state index in [0.29, 0.717) is 5.56 Å². The summed E-state index contributed by atoms with van der Waals surface area (Å²) in [6.45, 7) is -0.395. The van der Waals surface area contributed by atoms with Gasteiger partial charge in [0, 0.05) is 10.0 Å². The Labute approximate surface area is 124 Å². The van der Waals surface area contributed by atoms with E-state index in [-0.39, 0.29) is 0 Å². The van der Waals surface area contributed by atoms with Crippen LogP contribution in [0.15, 0.2) is 53.0 Å². The summed E-state index contributed by atoms with van der Waals surface area (Å²) >= 11 is 3.36. The van der Waals surface area contributed by atoms with E-state index in [0.717, 1.165) is 15.6 Å². The predicted molar refractivity (Wildman–Crippen MR) is 79.5 cm³/mol. The van der Waals surface area contributed by atoms with Gasteiger partial charge < -0.3 is 10.4 Å². The van der Waals surface area contributed by atoms with Crippen LogP contribution < -0.4 is 5.32 Å². The van der Waals surface area contributed by atoms with Crippen molar-refractivity contribution in [3.8, 4) is 11.1 Å². The van der Waals surface area contributed by atoms with Gasteiger partial charge in [-0.2, -0.15) is 0 Å². The fourth-order valence-corrected chi connectivity index (χ4v) is 2.08. The average Bonchev–Trinajstić information content (AvgIpc) is 2.45. The van der Waals surface area contributed by atoms with Crippen molar-refractivity contribution in [2.75, 3.05) is 6.54 Å². The minimum absolute atomic E-state index is 0.395. The Morgan fingerprint density at radius 2 is 1.70 bits per heavy atom. The Kier molecular flexibility index (Phi) is 4.53. The topological polar surface area (TPSA) is 66.4 Å². The summed E-state index contributed by atoms with van der Waals surface area (Å²) in [5.74, 6) is -1.47. The Hall–Kier alpha value is -2.14. The zero-order chi connectivity index (χ0) is 14.5. The molecule has 5 heteroatoms. The van der Waals surface area contributed by atoms with Crippen molar-refractivity contribution in [3.05, 3.63) is 58.6 Å². The number of benzene rings is 2. The average molecular weight is 334 g/mol. The van der Waals surface area contributed by atoms with E-state index in [1.807, 2.05) is 36.4 Å². The van der Waals surface area contributed by atoms with Gasteiger partial charge in [0.15, 0.2) is 0 Å². The van der Waals surface area contributed by atoms with Crippen LogP contribution in [-0.2, 0) is 4.79 Å². The van der Waals surface area contributed by atoms with E-state index in [4.69, 9.17) is 5.11 Å². The first-order chi connectivity index (χ1) is 9.58. The smallest absolute Gasteiger partial charge is 0.322 e. The van der Waals surface area contributed by atoms with Crippen molar-refractivity contribution in [2.45, 2.75) is 0 Å². The van der Waals surface area contributed by atoms with Crippen molar-refractivity contribution in [1.29, 1.82) is 0 Å². The van der Waals surface area contributed by atoms with Crippen LogP contribution in [0, 0.1) is 0 Å². The fourth-order valence-electron chi connectivity index (χ4n) is 1.81. The van der Waals surface area contributed by atoms with Crippen LogP contribution in [0.3, 0.4) is 0 Å². The van der Waals surface area contributed by atoms with Gasteiger partial charge in [-0.1, -0.05) is 46.3 Å². The molecule has 0 heterocycles. The number of aliphatic carboxylic acids is 1. The van der Waals surface area contributed by atoms with Gasteiger partial charge in [0.25, 0.3) is 5.91 Å². The molecule has 102 valence electrons. The minimum atomic E-state index is -1.07. The van der Waals surface area contributed by atoms with Crippen LogP contribution in [0.2, 0.25) is 0 Å². The van der Waals surface area contributed by atoms with Gasteiger partial charge in [0.1, 0.15) is 6.54 Å². The lowest BCUT2D eigenvalue weighted by Gasteiger charge is -2.09. The summed E-state index contributed by atoms with van der Waals surface area (Å²) in [5.41, 5.74) is 2.12. The molecule has 0 bridgehead atoms. The number of nitrogens with one attached hydrogen (secondary N) is 1. The van der Waals surface area contributed by atoms with E-state index in [2.05, 4.69) is 21.2 Å². The SMILES string of the molecule is O=C(O)CNC(=O)c1ccccc1-c1ccc(Br)cc1. The molecule has 2 aromatic rings. The van der Waals surface area contributed by atoms with Crippen molar-refractivity contribution in [1.82, 2.24) is 5.32 Å². The molecule has 0 atom stereocenters. The first-order valence-corrected chi connectivity index (χ1v) is 6.72. The Balaban J connectivity index is 2.33. The number of carbonyl (C=O) groups is 2. The number of hydrogen-bond acceptors (Lipinski definition) is 2. The van der Waals surface area contributed by atoms with Gasteiger partial charge in [-0.15, -0.1) is 0 Å². The summed E-state index contributed by atoms with van der Waals surface area (Å²) in [6.07, 6.45) is 0. The summed E-state index contributed by atoms with van der Waals surface area (Å²) in [4.78, 5) is 22.5. The van der Waals surface area contributed by atoms with Gasteiger partial charge in [-0.3, -0.25) is 9.59 Å². The molecule has 0 aromatic heterocycles. The zero-order valence-electron chi connectivity index (χ0n) is 10.5. The third-order valence-corrected chi connectivity index (χ3v) is 3.26. The summed E-state index contributed by atoms with van der Waals surface area (Å²) < 4.78 is 0.953. The quantitative estimate of drug-likeness (QED) is 0.903. The Bertz CT molecular complexity index is 638. The van der Waals surface area contributed by atoms with Crippen LogP contribution in [0.25, 0.3) is 11.1 Å². The van der Waals surface area contributed by atoms with E-state index in [9.17, 15) is 9.59 Å². The summed E-state index contributed by atoms with van der Waals surface area (Å²) in [6, 6.07) is 14.7. The number of amides is 1.